The highest BCUT2D eigenvalue weighted by Crippen LogP contribution is 2.39. The average molecular weight is 546 g/mol. The molecule has 12 nitrogen and oxygen atoms in total. The van der Waals surface area contributed by atoms with Gasteiger partial charge in [-0.1, -0.05) is 30.3 Å². The van der Waals surface area contributed by atoms with Gasteiger partial charge in [-0.2, -0.15) is 0 Å². The molecule has 2 aliphatic rings. The first kappa shape index (κ1) is 28.3. The summed E-state index contributed by atoms with van der Waals surface area (Å²) >= 11 is 0. The van der Waals surface area contributed by atoms with Crippen LogP contribution in [-0.2, 0) is 33.3 Å². The highest BCUT2D eigenvalue weighted by Gasteiger charge is 2.53. The van der Waals surface area contributed by atoms with E-state index in [1.807, 2.05) is 0 Å². The number of rotatable bonds is 9. The second kappa shape index (κ2) is 12.4. The van der Waals surface area contributed by atoms with Crippen LogP contribution in [0.5, 0.6) is 11.5 Å². The Morgan fingerprint density at radius 2 is 1.72 bits per heavy atom. The van der Waals surface area contributed by atoms with E-state index >= 15 is 0 Å². The number of methoxy groups -OCH3 is 2. The van der Waals surface area contributed by atoms with Crippen molar-refractivity contribution in [2.75, 3.05) is 20.8 Å². The Hall–Kier alpha value is -3.71. The Balaban J connectivity index is 1.70. The van der Waals surface area contributed by atoms with Crippen LogP contribution in [0.3, 0.4) is 0 Å². The Morgan fingerprint density at radius 1 is 1.03 bits per heavy atom. The van der Waals surface area contributed by atoms with Crippen molar-refractivity contribution in [1.29, 1.82) is 0 Å². The molecule has 1 amide bonds. The normalized spacial score (nSPS) is 27.0. The third-order valence-electron chi connectivity index (χ3n) is 6.35. The molecule has 0 aliphatic carbocycles. The number of ether oxygens (including phenoxy) is 7. The predicted molar refractivity (Wildman–Crippen MR) is 133 cm³/mol. The van der Waals surface area contributed by atoms with Gasteiger partial charge < -0.3 is 43.6 Å². The van der Waals surface area contributed by atoms with Crippen molar-refractivity contribution in [1.82, 2.24) is 5.32 Å². The molecule has 2 aliphatic heterocycles. The van der Waals surface area contributed by atoms with Crippen molar-refractivity contribution >= 4 is 17.8 Å². The monoisotopic (exact) mass is 545 g/mol. The van der Waals surface area contributed by atoms with Gasteiger partial charge in [0.2, 0.25) is 12.2 Å². The van der Waals surface area contributed by atoms with Gasteiger partial charge in [0.1, 0.15) is 41.4 Å². The summed E-state index contributed by atoms with van der Waals surface area (Å²) in [6, 6.07) is 12.5. The van der Waals surface area contributed by atoms with E-state index in [1.165, 1.54) is 34.1 Å². The Labute approximate surface area is 225 Å². The topological polar surface area (TPSA) is 148 Å². The average Bonchev–Trinajstić information content (AvgIpc) is 2.94. The smallest absolute Gasteiger partial charge is 0.341 e. The molecule has 210 valence electrons. The number of hydrogen-bond donors (Lipinski definition) is 2. The second-order valence-corrected chi connectivity index (χ2v) is 8.96. The quantitative estimate of drug-likeness (QED) is 0.446. The molecule has 2 aromatic rings. The van der Waals surface area contributed by atoms with E-state index in [0.717, 1.165) is 0 Å². The molecule has 0 radical (unpaired) electrons. The van der Waals surface area contributed by atoms with Gasteiger partial charge >= 0.3 is 11.9 Å². The first-order valence-electron chi connectivity index (χ1n) is 12.3. The minimum Gasteiger partial charge on any atom is -0.496 e. The molecule has 7 unspecified atom stereocenters. The molecule has 0 bridgehead atoms. The molecule has 2 aromatic carbocycles. The maximum Gasteiger partial charge on any atom is 0.341 e. The van der Waals surface area contributed by atoms with Gasteiger partial charge in [-0.05, 0) is 25.1 Å². The van der Waals surface area contributed by atoms with Crippen LogP contribution in [0.25, 0.3) is 0 Å². The number of esters is 1. The zero-order chi connectivity index (χ0) is 28.1. The van der Waals surface area contributed by atoms with Crippen LogP contribution in [0.15, 0.2) is 48.5 Å². The highest BCUT2D eigenvalue weighted by atomic mass is 16.8. The number of nitrogens with one attached hydrogen (secondary N) is 1. The van der Waals surface area contributed by atoms with Crippen LogP contribution in [0.2, 0.25) is 0 Å². The van der Waals surface area contributed by atoms with E-state index in [-0.39, 0.29) is 17.9 Å². The molecule has 2 heterocycles. The van der Waals surface area contributed by atoms with Crippen molar-refractivity contribution in [3.05, 3.63) is 59.7 Å². The number of carboxylic acid groups (broad SMARTS) is 1. The fourth-order valence-electron chi connectivity index (χ4n) is 4.51. The molecule has 2 N–H and O–H groups in total. The second-order valence-electron chi connectivity index (χ2n) is 8.96. The van der Waals surface area contributed by atoms with Crippen molar-refractivity contribution in [3.8, 4) is 11.5 Å². The van der Waals surface area contributed by atoms with Crippen molar-refractivity contribution in [2.24, 2.45) is 0 Å². The van der Waals surface area contributed by atoms with Crippen LogP contribution >= 0.6 is 0 Å². The van der Waals surface area contributed by atoms with Crippen LogP contribution in [0, 0.1) is 0 Å². The maximum absolute atomic E-state index is 12.3. The lowest BCUT2D eigenvalue weighted by Crippen LogP contribution is -2.68. The molecular weight excluding hydrogens is 514 g/mol. The summed E-state index contributed by atoms with van der Waals surface area (Å²) in [5.41, 5.74) is 0.751. The van der Waals surface area contributed by atoms with Gasteiger partial charge in [0.25, 0.3) is 0 Å². The molecule has 2 fully saturated rings. The fourth-order valence-corrected chi connectivity index (χ4v) is 4.51. The SMILES string of the molecule is COC(=O)c1ccccc1OC1OC2COC(c3ccccc3OC)OC2C(OC(C)C(=O)O)C1NC(C)=O. The molecule has 4 rings (SSSR count). The van der Waals surface area contributed by atoms with Gasteiger partial charge in [-0.25, -0.2) is 9.59 Å². The number of aliphatic carboxylic acids is 1. The van der Waals surface area contributed by atoms with Crippen molar-refractivity contribution in [3.63, 3.8) is 0 Å². The molecular formula is C27H31NO11. The van der Waals surface area contributed by atoms with Gasteiger partial charge in [-0.15, -0.1) is 0 Å². The Kier molecular flexibility index (Phi) is 9.02. The number of benzene rings is 2. The van der Waals surface area contributed by atoms with Crippen LogP contribution in [0.4, 0.5) is 0 Å². The maximum atomic E-state index is 12.3. The minimum absolute atomic E-state index is 0.0278. The first-order valence-corrected chi connectivity index (χ1v) is 12.3. The summed E-state index contributed by atoms with van der Waals surface area (Å²) in [6.45, 7) is 2.70. The van der Waals surface area contributed by atoms with E-state index in [1.54, 1.807) is 42.5 Å². The lowest BCUT2D eigenvalue weighted by Gasteiger charge is -2.49. The predicted octanol–water partition coefficient (Wildman–Crippen LogP) is 2.06. The van der Waals surface area contributed by atoms with Crippen LogP contribution in [-0.4, -0.2) is 80.5 Å². The number of hydrogen-bond acceptors (Lipinski definition) is 10. The molecule has 0 spiro atoms. The number of carboxylic acids is 1. The third kappa shape index (κ3) is 6.31. The fraction of sp³-hybridized carbons (Fsp3) is 0.444. The number of para-hydroxylation sites is 2. The zero-order valence-corrected chi connectivity index (χ0v) is 21.9. The van der Waals surface area contributed by atoms with Crippen molar-refractivity contribution in [2.45, 2.75) is 56.9 Å². The highest BCUT2D eigenvalue weighted by molar-refractivity contribution is 5.92. The van der Waals surface area contributed by atoms with Gasteiger partial charge in [0.05, 0.1) is 20.8 Å². The van der Waals surface area contributed by atoms with Gasteiger partial charge in [-0.3, -0.25) is 4.79 Å². The van der Waals surface area contributed by atoms with Crippen LogP contribution in [0.1, 0.15) is 36.1 Å². The number of fused-ring (bicyclic) bond motifs is 1. The molecule has 12 heteroatoms. The lowest BCUT2D eigenvalue weighted by atomic mass is 9.95. The van der Waals surface area contributed by atoms with E-state index in [2.05, 4.69) is 5.32 Å². The summed E-state index contributed by atoms with van der Waals surface area (Å²) in [5.74, 6) is -1.61. The summed E-state index contributed by atoms with van der Waals surface area (Å²) in [7, 11) is 2.77. The Bertz CT molecular complexity index is 1190. The molecule has 0 aromatic heterocycles. The zero-order valence-electron chi connectivity index (χ0n) is 21.9. The molecule has 0 saturated carbocycles. The van der Waals surface area contributed by atoms with Gasteiger partial charge in [0, 0.05) is 12.5 Å². The standard InChI is InChI=1S/C27H31NO11/c1-14(24(30)31)36-23-21(28-15(2)29)27(37-19-12-8-5-9-16(19)25(32)34-4)38-20-13-35-26(39-22(20)23)17-10-6-7-11-18(17)33-3/h5-12,14,20-23,26-27H,13H2,1-4H3,(H,28,29)(H,30,31). The number of carbonyl (C=O) groups is 3. The largest absolute Gasteiger partial charge is 0.496 e. The summed E-state index contributed by atoms with van der Waals surface area (Å²) < 4.78 is 40.8. The minimum atomic E-state index is -1.26. The van der Waals surface area contributed by atoms with Crippen molar-refractivity contribution < 1.29 is 52.6 Å². The number of amides is 1. The third-order valence-corrected chi connectivity index (χ3v) is 6.35. The van der Waals surface area contributed by atoms with E-state index in [0.29, 0.717) is 11.3 Å². The van der Waals surface area contributed by atoms with E-state index < -0.39 is 60.9 Å². The molecule has 7 atom stereocenters. The number of carbonyl (C=O) groups excluding carboxylic acids is 2. The molecule has 39 heavy (non-hydrogen) atoms. The summed E-state index contributed by atoms with van der Waals surface area (Å²) in [5, 5.41) is 12.3. The van der Waals surface area contributed by atoms with Gasteiger partial charge in [0.15, 0.2) is 12.4 Å². The summed E-state index contributed by atoms with van der Waals surface area (Å²) in [4.78, 5) is 36.3. The summed E-state index contributed by atoms with van der Waals surface area (Å²) in [6.07, 6.45) is -6.04. The lowest BCUT2D eigenvalue weighted by molar-refractivity contribution is -0.340. The Morgan fingerprint density at radius 3 is 2.38 bits per heavy atom. The van der Waals surface area contributed by atoms with E-state index in [4.69, 9.17) is 33.2 Å². The van der Waals surface area contributed by atoms with Crippen LogP contribution < -0.4 is 14.8 Å². The molecule has 2 saturated heterocycles. The first-order chi connectivity index (χ1) is 18.7. The van der Waals surface area contributed by atoms with E-state index in [9.17, 15) is 19.5 Å².